The molecular weight excluding hydrogens is 1290 g/mol. The number of aryl methyl sites for hydroxylation is 2. The van der Waals surface area contributed by atoms with Crippen molar-refractivity contribution in [3.8, 4) is 90.5 Å². The Labute approximate surface area is 564 Å². The van der Waals surface area contributed by atoms with Crippen LogP contribution in [0.2, 0.25) is 0 Å². The summed E-state index contributed by atoms with van der Waals surface area (Å²) in [6.45, 7) is 13.8. The van der Waals surface area contributed by atoms with Gasteiger partial charge in [-0.05, 0) is 159 Å². The van der Waals surface area contributed by atoms with E-state index in [1.807, 2.05) is 45.3 Å². The zero-order chi connectivity index (χ0) is 61.2. The second-order valence-corrected chi connectivity index (χ2v) is 34.2. The fourth-order valence-electron chi connectivity index (χ4n) is 13.5. The number of hydrogen-bond donors (Lipinski definition) is 0. The van der Waals surface area contributed by atoms with Crippen LogP contribution in [-0.2, 0) is 18.3 Å². The Morgan fingerprint density at radius 2 is 0.708 bits per heavy atom. The molecule has 12 aromatic rings. The molecule has 1 aliphatic rings. The fourth-order valence-corrected chi connectivity index (χ4v) is 23.9. The molecule has 1 aliphatic carbocycles. The van der Waals surface area contributed by atoms with E-state index in [1.54, 1.807) is 57.5 Å². The van der Waals surface area contributed by atoms with Gasteiger partial charge in [0.1, 0.15) is 33.7 Å². The summed E-state index contributed by atoms with van der Waals surface area (Å²) in [5.41, 5.74) is 7.57. The van der Waals surface area contributed by atoms with Crippen LogP contribution in [0.5, 0.6) is 0 Å². The van der Waals surface area contributed by atoms with Crippen molar-refractivity contribution in [3.05, 3.63) is 130 Å². The quantitative estimate of drug-likeness (QED) is 0.0421. The number of aromatic nitrogens is 4. The molecule has 2 atom stereocenters. The Morgan fingerprint density at radius 1 is 0.360 bits per heavy atom. The second-order valence-electron chi connectivity index (χ2n) is 24.3. The highest BCUT2D eigenvalue weighted by Crippen LogP contribution is 2.64. The van der Waals surface area contributed by atoms with Crippen molar-refractivity contribution in [2.45, 2.75) is 175 Å². The smallest absolute Gasteiger partial charge is 0.134 e. The summed E-state index contributed by atoms with van der Waals surface area (Å²) < 4.78 is 55.1. The number of thiophene rings is 8. The topological polar surface area (TPSA) is 51.6 Å². The van der Waals surface area contributed by atoms with Crippen molar-refractivity contribution >= 4 is 136 Å². The third-order valence-corrected chi connectivity index (χ3v) is 29.3. The summed E-state index contributed by atoms with van der Waals surface area (Å²) in [5, 5.41) is 0. The molecule has 0 bridgehead atoms. The zero-order valence-corrected chi connectivity index (χ0v) is 59.8. The molecule has 0 N–H and O–H groups in total. The van der Waals surface area contributed by atoms with E-state index in [-0.39, 0.29) is 17.0 Å². The first-order chi connectivity index (χ1) is 43.6. The molecule has 0 saturated heterocycles. The van der Waals surface area contributed by atoms with Gasteiger partial charge in [-0.15, -0.1) is 90.7 Å². The lowest BCUT2D eigenvalue weighted by Crippen LogP contribution is -2.31. The minimum Gasteiger partial charge on any atom is -0.206 e. The van der Waals surface area contributed by atoms with E-state index in [2.05, 4.69) is 126 Å². The predicted octanol–water partition coefficient (Wildman–Crippen LogP) is 27.5. The van der Waals surface area contributed by atoms with E-state index >= 15 is 8.78 Å². The average molecular weight is 1370 g/mol. The highest BCUT2D eigenvalue weighted by Gasteiger charge is 2.48. The molecule has 0 radical (unpaired) electrons. The summed E-state index contributed by atoms with van der Waals surface area (Å²) in [6, 6.07) is 34.9. The summed E-state index contributed by atoms with van der Waals surface area (Å²) in [6.07, 6.45) is 23.6. The largest absolute Gasteiger partial charge is 0.206 e. The van der Waals surface area contributed by atoms with Crippen molar-refractivity contribution in [2.24, 2.45) is 11.8 Å². The van der Waals surface area contributed by atoms with Gasteiger partial charge in [0.15, 0.2) is 0 Å². The predicted molar refractivity (Wildman–Crippen MR) is 393 cm³/mol. The molecule has 2 unspecified atom stereocenters. The monoisotopic (exact) mass is 1370 g/mol. The molecular formula is C73H76F2N4S10. The van der Waals surface area contributed by atoms with Crippen LogP contribution in [0.25, 0.3) is 113 Å². The van der Waals surface area contributed by atoms with Crippen LogP contribution in [0.4, 0.5) is 8.78 Å². The van der Waals surface area contributed by atoms with Gasteiger partial charge < -0.3 is 0 Å². The number of nitrogens with zero attached hydrogens (tertiary/aromatic N) is 4. The number of hydrogen-bond acceptors (Lipinski definition) is 14. The first-order valence-corrected chi connectivity index (χ1v) is 40.4. The molecule has 89 heavy (non-hydrogen) atoms. The Hall–Kier alpha value is -4.46. The van der Waals surface area contributed by atoms with Gasteiger partial charge in [0.2, 0.25) is 0 Å². The number of fused-ring (bicyclic) bond motifs is 5. The number of halogens is 2. The van der Waals surface area contributed by atoms with Crippen LogP contribution in [0.15, 0.2) is 97.1 Å². The maximum absolute atomic E-state index is 17.7. The van der Waals surface area contributed by atoms with Crippen molar-refractivity contribution in [1.29, 1.82) is 0 Å². The van der Waals surface area contributed by atoms with Crippen molar-refractivity contribution in [2.75, 3.05) is 0 Å². The van der Waals surface area contributed by atoms with Crippen molar-refractivity contribution in [1.82, 2.24) is 17.5 Å². The standard InChI is InChI=1S/C73H76F2N4S10/c1-7-13-17-19-23-45-25-27-55(80-45)57-33-35-61(84-57)59-31-29-53(82-59)47-37-51(74)65(69-67(47)76-88-78-69)63-39-49-71(86-63)72-50(73(49,41-43(11-5)21-15-9-3)42-44(12-6)22-16-10-4)40-64(87-72)66-52(75)38-48(68-70(66)79-89-77-68)54-30-32-60(83-54)62-36-34-58(85-62)56-28-26-46(81-56)24-20-18-14-8-2/h25-40,43-44H,7-24,41-42H2,1-6H3. The second kappa shape index (κ2) is 28.4. The Morgan fingerprint density at radius 3 is 1.09 bits per heavy atom. The molecule has 0 aliphatic heterocycles. The zero-order valence-electron chi connectivity index (χ0n) is 51.7. The lowest BCUT2D eigenvalue weighted by Gasteiger charge is -2.37. The molecule has 0 amide bonds. The number of unbranched alkanes of at least 4 members (excludes halogenated alkanes) is 8. The maximum atomic E-state index is 17.7. The Kier molecular flexibility index (Phi) is 20.2. The molecule has 13 rings (SSSR count). The Bertz CT molecular complexity index is 4080. The van der Waals surface area contributed by atoms with E-state index in [0.29, 0.717) is 34.0 Å². The van der Waals surface area contributed by atoms with Crippen molar-refractivity contribution < 1.29 is 8.78 Å². The lowest BCUT2D eigenvalue weighted by molar-refractivity contribution is 0.266. The first-order valence-electron chi connectivity index (χ1n) is 32.4. The van der Waals surface area contributed by atoms with Crippen LogP contribution in [-0.4, -0.2) is 17.5 Å². The third kappa shape index (κ3) is 12.9. The van der Waals surface area contributed by atoms with E-state index in [0.717, 1.165) is 139 Å². The summed E-state index contributed by atoms with van der Waals surface area (Å²) in [7, 11) is 0. The van der Waals surface area contributed by atoms with Gasteiger partial charge in [-0.1, -0.05) is 131 Å². The summed E-state index contributed by atoms with van der Waals surface area (Å²) in [4.78, 5) is 19.0. The molecule has 4 nitrogen and oxygen atoms in total. The first kappa shape index (κ1) is 63.3. The van der Waals surface area contributed by atoms with E-state index < -0.39 is 0 Å². The highest BCUT2D eigenvalue weighted by molar-refractivity contribution is 7.28. The lowest BCUT2D eigenvalue weighted by atomic mass is 9.65. The molecule has 2 aromatic carbocycles. The maximum Gasteiger partial charge on any atom is 0.134 e. The van der Waals surface area contributed by atoms with Gasteiger partial charge in [0, 0.05) is 94.6 Å². The third-order valence-electron chi connectivity index (χ3n) is 18.3. The van der Waals surface area contributed by atoms with Gasteiger partial charge in [0.05, 0.1) is 34.6 Å². The molecule has 10 heterocycles. The SMILES string of the molecule is CCCCCCc1ccc(-c2ccc(-c3ccc(-c4cc(F)c(-c5cc6c(s5)-c5sc(-c7c(F)cc(-c8ccc(-c9ccc(-c%10ccc(CCCCCC)s%10)s9)s8)c8nsnc78)cc5C6(CC(CC)CCCC)CC(CC)CCCC)c5nsnc45)s3)s2)s1. The summed E-state index contributed by atoms with van der Waals surface area (Å²) in [5.74, 6) is 0.402. The minimum absolute atomic E-state index is 0.281. The van der Waals surface area contributed by atoms with Gasteiger partial charge >= 0.3 is 0 Å². The molecule has 10 aromatic heterocycles. The molecule has 0 spiro atoms. The molecule has 16 heteroatoms. The van der Waals surface area contributed by atoms with Gasteiger partial charge in [-0.2, -0.15) is 17.5 Å². The van der Waals surface area contributed by atoms with Crippen LogP contribution in [0.1, 0.15) is 178 Å². The van der Waals surface area contributed by atoms with Crippen molar-refractivity contribution in [3.63, 3.8) is 0 Å². The summed E-state index contributed by atoms with van der Waals surface area (Å²) >= 11 is 16.6. The molecule has 0 fully saturated rings. The van der Waals surface area contributed by atoms with Crippen LogP contribution in [0.3, 0.4) is 0 Å². The van der Waals surface area contributed by atoms with Gasteiger partial charge in [-0.25, -0.2) is 8.78 Å². The van der Waals surface area contributed by atoms with Gasteiger partial charge in [0.25, 0.3) is 0 Å². The van der Waals surface area contributed by atoms with Crippen LogP contribution in [0, 0.1) is 23.5 Å². The number of rotatable bonds is 30. The van der Waals surface area contributed by atoms with E-state index in [1.165, 1.54) is 124 Å². The van der Waals surface area contributed by atoms with Gasteiger partial charge in [-0.3, -0.25) is 0 Å². The van der Waals surface area contributed by atoms with E-state index in [9.17, 15) is 0 Å². The minimum atomic E-state index is -0.354. The fraction of sp³-hybridized carbons (Fsp3) is 0.397. The molecule has 462 valence electrons. The molecule has 0 saturated carbocycles. The average Bonchev–Trinajstić information content (AvgIpc) is 1.54. The van der Waals surface area contributed by atoms with E-state index in [4.69, 9.17) is 17.5 Å². The van der Waals surface area contributed by atoms with Crippen LogP contribution < -0.4 is 0 Å². The normalized spacial score (nSPS) is 13.6. The number of benzene rings is 2. The highest BCUT2D eigenvalue weighted by atomic mass is 32.1. The van der Waals surface area contributed by atoms with Crippen LogP contribution >= 0.6 is 114 Å². The Balaban J connectivity index is 0.851.